The van der Waals surface area contributed by atoms with Crippen LogP contribution in [0.5, 0.6) is 0 Å². The zero-order valence-corrected chi connectivity index (χ0v) is 13.6. The van der Waals surface area contributed by atoms with E-state index in [9.17, 15) is 8.42 Å². The van der Waals surface area contributed by atoms with E-state index < -0.39 is 10.0 Å². The van der Waals surface area contributed by atoms with Crippen molar-refractivity contribution in [1.29, 1.82) is 0 Å². The number of rotatable bonds is 6. The highest BCUT2D eigenvalue weighted by Crippen LogP contribution is 2.30. The molecule has 1 fully saturated rings. The lowest BCUT2D eigenvalue weighted by Gasteiger charge is -2.26. The van der Waals surface area contributed by atoms with Gasteiger partial charge in [-0.2, -0.15) is 0 Å². The van der Waals surface area contributed by atoms with Gasteiger partial charge in [0, 0.05) is 18.0 Å². The van der Waals surface area contributed by atoms with Crippen molar-refractivity contribution in [3.05, 3.63) is 16.3 Å². The van der Waals surface area contributed by atoms with Gasteiger partial charge in [-0.15, -0.1) is 11.3 Å². The molecule has 0 bridgehead atoms. The Kier molecular flexibility index (Phi) is 5.60. The van der Waals surface area contributed by atoms with Crippen molar-refractivity contribution in [2.45, 2.75) is 50.5 Å². The number of sulfonamides is 1. The predicted molar refractivity (Wildman–Crippen MR) is 83.1 cm³/mol. The minimum atomic E-state index is -3.39. The summed E-state index contributed by atoms with van der Waals surface area (Å²) in [5, 5.41) is 1.78. The van der Waals surface area contributed by atoms with Gasteiger partial charge in [0.15, 0.2) is 0 Å². The number of hydrogen-bond donors (Lipinski definition) is 2. The van der Waals surface area contributed by atoms with Gasteiger partial charge in [0.2, 0.25) is 10.0 Å². The lowest BCUT2D eigenvalue weighted by Crippen LogP contribution is -2.27. The molecule has 6 heteroatoms. The first-order valence-corrected chi connectivity index (χ1v) is 9.65. The van der Waals surface area contributed by atoms with Crippen molar-refractivity contribution in [1.82, 2.24) is 4.72 Å². The predicted octanol–water partition coefficient (Wildman–Crippen LogP) is 2.70. The van der Waals surface area contributed by atoms with Gasteiger partial charge in [0.25, 0.3) is 0 Å². The first kappa shape index (κ1) is 15.9. The largest absolute Gasteiger partial charge is 0.326 e. The van der Waals surface area contributed by atoms with Crippen molar-refractivity contribution in [2.75, 3.05) is 6.54 Å². The second-order valence-corrected chi connectivity index (χ2v) is 8.47. The minimum Gasteiger partial charge on any atom is -0.326 e. The molecule has 4 nitrogen and oxygen atoms in total. The molecule has 0 radical (unpaired) electrons. The fourth-order valence-electron chi connectivity index (χ4n) is 3.01. The summed E-state index contributed by atoms with van der Waals surface area (Å²) >= 11 is 1.39. The van der Waals surface area contributed by atoms with E-state index >= 15 is 0 Å². The van der Waals surface area contributed by atoms with Crippen LogP contribution in [0.3, 0.4) is 0 Å². The molecule has 1 aromatic heterocycles. The normalized spacial score (nSPS) is 23.9. The van der Waals surface area contributed by atoms with E-state index in [1.54, 1.807) is 11.4 Å². The third kappa shape index (κ3) is 4.04. The van der Waals surface area contributed by atoms with Crippen LogP contribution in [-0.2, 0) is 16.6 Å². The Morgan fingerprint density at radius 2 is 2.25 bits per heavy atom. The van der Waals surface area contributed by atoms with E-state index in [0.717, 1.165) is 17.2 Å². The van der Waals surface area contributed by atoms with Crippen molar-refractivity contribution in [2.24, 2.45) is 17.6 Å². The fourth-order valence-corrected chi connectivity index (χ4v) is 5.39. The molecular weight excluding hydrogens is 292 g/mol. The Morgan fingerprint density at radius 3 is 2.95 bits per heavy atom. The Balaban J connectivity index is 1.87. The van der Waals surface area contributed by atoms with Crippen LogP contribution in [0.15, 0.2) is 16.3 Å². The summed E-state index contributed by atoms with van der Waals surface area (Å²) < 4.78 is 27.2. The van der Waals surface area contributed by atoms with Crippen molar-refractivity contribution < 1.29 is 8.42 Å². The van der Waals surface area contributed by atoms with Crippen LogP contribution < -0.4 is 10.5 Å². The highest BCUT2D eigenvalue weighted by Gasteiger charge is 2.21. The van der Waals surface area contributed by atoms with Crippen LogP contribution in [0, 0.1) is 11.8 Å². The zero-order chi connectivity index (χ0) is 14.6. The molecule has 0 aromatic carbocycles. The third-order valence-corrected chi connectivity index (χ3v) is 6.69. The molecule has 0 aliphatic heterocycles. The molecule has 2 rings (SSSR count). The van der Waals surface area contributed by atoms with Crippen LogP contribution in [-0.4, -0.2) is 15.0 Å². The number of hydrogen-bond acceptors (Lipinski definition) is 4. The molecule has 0 amide bonds. The van der Waals surface area contributed by atoms with Crippen LogP contribution in [0.1, 0.15) is 43.9 Å². The average Bonchev–Trinajstić information content (AvgIpc) is 2.87. The maximum atomic E-state index is 12.2. The van der Waals surface area contributed by atoms with Gasteiger partial charge >= 0.3 is 0 Å². The number of thiophene rings is 1. The molecule has 1 saturated carbocycles. The van der Waals surface area contributed by atoms with E-state index in [2.05, 4.69) is 11.6 Å². The lowest BCUT2D eigenvalue weighted by molar-refractivity contribution is 0.271. The smallest absolute Gasteiger partial charge is 0.241 e. The van der Waals surface area contributed by atoms with Crippen LogP contribution in [0.4, 0.5) is 0 Å². The number of nitrogens with two attached hydrogens (primary N) is 1. The molecule has 0 spiro atoms. The molecule has 1 heterocycles. The molecule has 114 valence electrons. The molecule has 1 aliphatic carbocycles. The van der Waals surface area contributed by atoms with E-state index in [0.29, 0.717) is 17.4 Å². The summed E-state index contributed by atoms with van der Waals surface area (Å²) in [4.78, 5) is 1.07. The topological polar surface area (TPSA) is 72.2 Å². The minimum absolute atomic E-state index is 0.272. The molecule has 20 heavy (non-hydrogen) atoms. The molecule has 3 N–H and O–H groups in total. The first-order chi connectivity index (χ1) is 9.53. The molecule has 2 unspecified atom stereocenters. The van der Waals surface area contributed by atoms with Crippen molar-refractivity contribution in [3.8, 4) is 0 Å². The van der Waals surface area contributed by atoms with Gasteiger partial charge in [-0.1, -0.05) is 26.2 Å². The zero-order valence-electron chi connectivity index (χ0n) is 12.0. The van der Waals surface area contributed by atoms with E-state index in [1.165, 1.54) is 37.0 Å². The van der Waals surface area contributed by atoms with Crippen molar-refractivity contribution in [3.63, 3.8) is 0 Å². The first-order valence-electron chi connectivity index (χ1n) is 7.29. The summed E-state index contributed by atoms with van der Waals surface area (Å²) in [5.74, 6) is 1.45. The molecule has 2 atom stereocenters. The van der Waals surface area contributed by atoms with Gasteiger partial charge in [-0.3, -0.25) is 0 Å². The van der Waals surface area contributed by atoms with Crippen LogP contribution >= 0.6 is 11.3 Å². The van der Waals surface area contributed by atoms with Crippen LogP contribution in [0.25, 0.3) is 0 Å². The Bertz CT molecular complexity index is 525. The lowest BCUT2D eigenvalue weighted by atomic mass is 9.81. The molecular formula is C14H24N2O2S2. The summed E-state index contributed by atoms with van der Waals surface area (Å²) in [7, 11) is -3.39. The van der Waals surface area contributed by atoms with Gasteiger partial charge < -0.3 is 5.73 Å². The highest BCUT2D eigenvalue weighted by molar-refractivity contribution is 7.89. The Labute approximate surface area is 125 Å². The number of nitrogens with one attached hydrogen (secondary N) is 1. The molecule has 1 aliphatic rings. The summed E-state index contributed by atoms with van der Waals surface area (Å²) in [5.41, 5.74) is 5.57. The summed E-state index contributed by atoms with van der Waals surface area (Å²) in [6.45, 7) is 3.09. The van der Waals surface area contributed by atoms with Crippen molar-refractivity contribution >= 4 is 21.4 Å². The van der Waals surface area contributed by atoms with E-state index in [4.69, 9.17) is 5.73 Å². The summed E-state index contributed by atoms with van der Waals surface area (Å²) in [6.07, 6.45) is 6.00. The van der Waals surface area contributed by atoms with E-state index in [-0.39, 0.29) is 6.54 Å². The highest BCUT2D eigenvalue weighted by atomic mass is 32.2. The second-order valence-electron chi connectivity index (χ2n) is 5.74. The monoisotopic (exact) mass is 316 g/mol. The summed E-state index contributed by atoms with van der Waals surface area (Å²) in [6, 6.07) is 1.64. The average molecular weight is 316 g/mol. The third-order valence-electron chi connectivity index (χ3n) is 4.07. The molecule has 1 aromatic rings. The van der Waals surface area contributed by atoms with Crippen LogP contribution in [0.2, 0.25) is 0 Å². The van der Waals surface area contributed by atoms with Gasteiger partial charge in [0.1, 0.15) is 0 Å². The maximum absolute atomic E-state index is 12.2. The maximum Gasteiger partial charge on any atom is 0.241 e. The van der Waals surface area contributed by atoms with E-state index in [1.807, 2.05) is 0 Å². The molecule has 0 saturated heterocycles. The fraction of sp³-hybridized carbons (Fsp3) is 0.714. The quantitative estimate of drug-likeness (QED) is 0.847. The van der Waals surface area contributed by atoms with Gasteiger partial charge in [-0.25, -0.2) is 13.1 Å². The van der Waals surface area contributed by atoms with Gasteiger partial charge in [0.05, 0.1) is 4.90 Å². The Hall–Kier alpha value is -0.430. The SMILES string of the molecule is CC1CCCC(CCNS(=O)(=O)c2ccsc2CN)C1. The Morgan fingerprint density at radius 1 is 1.45 bits per heavy atom. The standard InChI is InChI=1S/C14H24N2O2S2/c1-11-3-2-4-12(9-11)5-7-16-20(17,18)14-6-8-19-13(14)10-15/h6,8,11-12,16H,2-5,7,9-10,15H2,1H3. The second kappa shape index (κ2) is 7.02. The van der Waals surface area contributed by atoms with Gasteiger partial charge in [-0.05, 0) is 36.1 Å².